The minimum atomic E-state index is 0.0259. The van der Waals surface area contributed by atoms with Gasteiger partial charge in [-0.05, 0) is 19.1 Å². The Hall–Kier alpha value is -2.09. The molecular formula is C17H18N4O2S. The number of rotatable bonds is 4. The molecule has 124 valence electrons. The van der Waals surface area contributed by atoms with Crippen molar-refractivity contribution in [1.82, 2.24) is 20.0 Å². The van der Waals surface area contributed by atoms with Crippen molar-refractivity contribution in [3.8, 4) is 11.5 Å². The smallest absolute Gasteiger partial charge is 0.257 e. The van der Waals surface area contributed by atoms with Crippen LogP contribution in [0.3, 0.4) is 0 Å². The van der Waals surface area contributed by atoms with Crippen molar-refractivity contribution in [1.29, 1.82) is 0 Å². The minimum Gasteiger partial charge on any atom is -0.368 e. The Kier molecular flexibility index (Phi) is 4.38. The van der Waals surface area contributed by atoms with Crippen LogP contribution in [0.2, 0.25) is 0 Å². The summed E-state index contributed by atoms with van der Waals surface area (Å²) in [5.74, 6) is 1.26. The second-order valence-corrected chi connectivity index (χ2v) is 6.69. The fourth-order valence-electron chi connectivity index (χ4n) is 2.73. The lowest BCUT2D eigenvalue weighted by Crippen LogP contribution is -2.38. The maximum absolute atomic E-state index is 5.86. The maximum Gasteiger partial charge on any atom is 0.257 e. The third kappa shape index (κ3) is 3.38. The van der Waals surface area contributed by atoms with E-state index in [1.807, 2.05) is 37.3 Å². The number of hydrogen-bond acceptors (Lipinski definition) is 7. The van der Waals surface area contributed by atoms with E-state index in [1.165, 1.54) is 0 Å². The molecular weight excluding hydrogens is 324 g/mol. The summed E-state index contributed by atoms with van der Waals surface area (Å²) in [4.78, 5) is 11.3. The number of hydrogen-bond donors (Lipinski definition) is 0. The van der Waals surface area contributed by atoms with Gasteiger partial charge in [0.15, 0.2) is 5.82 Å². The Morgan fingerprint density at radius 3 is 2.92 bits per heavy atom. The van der Waals surface area contributed by atoms with Crippen LogP contribution in [-0.4, -0.2) is 39.7 Å². The molecule has 1 fully saturated rings. The van der Waals surface area contributed by atoms with Gasteiger partial charge in [0.25, 0.3) is 5.89 Å². The first-order chi connectivity index (χ1) is 11.8. The van der Waals surface area contributed by atoms with E-state index < -0.39 is 0 Å². The number of nitrogens with zero attached hydrogens (tertiary/aromatic N) is 4. The summed E-state index contributed by atoms with van der Waals surface area (Å²) in [5, 5.41) is 7.20. The van der Waals surface area contributed by atoms with Crippen LogP contribution >= 0.6 is 11.3 Å². The molecule has 4 rings (SSSR count). The highest BCUT2D eigenvalue weighted by Gasteiger charge is 2.25. The third-order valence-electron chi connectivity index (χ3n) is 3.92. The van der Waals surface area contributed by atoms with Crippen LogP contribution in [0.1, 0.15) is 22.6 Å². The molecule has 1 aromatic carbocycles. The predicted molar refractivity (Wildman–Crippen MR) is 90.6 cm³/mol. The summed E-state index contributed by atoms with van der Waals surface area (Å²) < 4.78 is 11.2. The Bertz CT molecular complexity index is 802. The van der Waals surface area contributed by atoms with Gasteiger partial charge in [0.05, 0.1) is 13.2 Å². The van der Waals surface area contributed by atoms with Crippen LogP contribution < -0.4 is 0 Å². The summed E-state index contributed by atoms with van der Waals surface area (Å²) in [6.45, 7) is 5.00. The highest BCUT2D eigenvalue weighted by molar-refractivity contribution is 7.09. The van der Waals surface area contributed by atoms with E-state index in [0.29, 0.717) is 24.9 Å². The van der Waals surface area contributed by atoms with Gasteiger partial charge in [0.2, 0.25) is 0 Å². The van der Waals surface area contributed by atoms with Crippen molar-refractivity contribution < 1.29 is 9.26 Å². The molecule has 3 heterocycles. The van der Waals surface area contributed by atoms with Crippen molar-refractivity contribution in [2.75, 3.05) is 19.7 Å². The van der Waals surface area contributed by atoms with E-state index in [9.17, 15) is 0 Å². The van der Waals surface area contributed by atoms with Crippen molar-refractivity contribution in [2.45, 2.75) is 19.6 Å². The maximum atomic E-state index is 5.86. The van der Waals surface area contributed by atoms with Gasteiger partial charge in [-0.1, -0.05) is 23.4 Å². The van der Waals surface area contributed by atoms with E-state index in [1.54, 1.807) is 11.3 Å². The number of morpholine rings is 1. The van der Waals surface area contributed by atoms with Crippen LogP contribution in [0.25, 0.3) is 11.5 Å². The third-order valence-corrected chi connectivity index (χ3v) is 4.97. The molecule has 0 radical (unpaired) electrons. The monoisotopic (exact) mass is 342 g/mol. The molecule has 7 heteroatoms. The molecule has 1 aliphatic rings. The normalized spacial score (nSPS) is 18.8. The van der Waals surface area contributed by atoms with Crippen molar-refractivity contribution in [3.05, 3.63) is 52.2 Å². The number of aryl methyl sites for hydroxylation is 1. The Morgan fingerprint density at radius 2 is 2.12 bits per heavy atom. The molecule has 2 aromatic heterocycles. The molecule has 1 saturated heterocycles. The summed E-state index contributed by atoms with van der Waals surface area (Å²) in [7, 11) is 0. The van der Waals surface area contributed by atoms with E-state index >= 15 is 0 Å². The molecule has 0 N–H and O–H groups in total. The van der Waals surface area contributed by atoms with Crippen LogP contribution in [0.5, 0.6) is 0 Å². The topological polar surface area (TPSA) is 64.3 Å². The van der Waals surface area contributed by atoms with Gasteiger partial charge in [-0.25, -0.2) is 4.98 Å². The molecule has 3 aromatic rings. The van der Waals surface area contributed by atoms with Crippen LogP contribution in [-0.2, 0) is 11.3 Å². The molecule has 0 spiro atoms. The molecule has 0 amide bonds. The van der Waals surface area contributed by atoms with Gasteiger partial charge in [-0.15, -0.1) is 11.3 Å². The van der Waals surface area contributed by atoms with E-state index in [2.05, 4.69) is 25.4 Å². The zero-order valence-corrected chi connectivity index (χ0v) is 14.2. The van der Waals surface area contributed by atoms with Crippen molar-refractivity contribution in [3.63, 3.8) is 0 Å². The zero-order valence-electron chi connectivity index (χ0n) is 13.4. The van der Waals surface area contributed by atoms with E-state index in [0.717, 1.165) is 29.4 Å². The molecule has 1 unspecified atom stereocenters. The summed E-state index contributed by atoms with van der Waals surface area (Å²) in [5.41, 5.74) is 1.98. The molecule has 24 heavy (non-hydrogen) atoms. The average Bonchev–Trinajstić information content (AvgIpc) is 3.25. The summed E-state index contributed by atoms with van der Waals surface area (Å²) >= 11 is 1.65. The Morgan fingerprint density at radius 1 is 1.25 bits per heavy atom. The number of thiazole rings is 1. The molecule has 6 nitrogen and oxygen atoms in total. The lowest BCUT2D eigenvalue weighted by Gasteiger charge is -2.30. The van der Waals surface area contributed by atoms with E-state index in [-0.39, 0.29) is 6.10 Å². The number of aromatic nitrogens is 3. The Balaban J connectivity index is 1.43. The fraction of sp³-hybridized carbons (Fsp3) is 0.353. The van der Waals surface area contributed by atoms with Gasteiger partial charge in [0, 0.05) is 29.7 Å². The lowest BCUT2D eigenvalue weighted by molar-refractivity contribution is -0.0339. The van der Waals surface area contributed by atoms with Gasteiger partial charge in [-0.3, -0.25) is 4.90 Å². The standard InChI is InChI=1S/C17H18N4O2S/c1-12-11-24-17(18-12)14-9-21(7-8-22-14)10-15-19-16(23-20-15)13-5-3-2-4-6-13/h2-6,11,14H,7-10H2,1H3. The molecule has 0 bridgehead atoms. The average molecular weight is 342 g/mol. The second kappa shape index (κ2) is 6.80. The molecule has 1 aliphatic heterocycles. The molecule has 1 atom stereocenters. The van der Waals surface area contributed by atoms with Crippen LogP contribution in [0.15, 0.2) is 40.2 Å². The van der Waals surface area contributed by atoms with Gasteiger partial charge < -0.3 is 9.26 Å². The van der Waals surface area contributed by atoms with Gasteiger partial charge in [-0.2, -0.15) is 4.98 Å². The Labute approximate surface area is 144 Å². The number of benzene rings is 1. The summed E-state index contributed by atoms with van der Waals surface area (Å²) in [6.07, 6.45) is 0.0259. The van der Waals surface area contributed by atoms with E-state index in [4.69, 9.17) is 9.26 Å². The SMILES string of the molecule is Cc1csc(C2CN(Cc3noc(-c4ccccc4)n3)CCO2)n1. The molecule has 0 saturated carbocycles. The predicted octanol–water partition coefficient (Wildman–Crippen LogP) is 3.08. The number of ether oxygens (including phenoxy) is 1. The highest BCUT2D eigenvalue weighted by atomic mass is 32.1. The highest BCUT2D eigenvalue weighted by Crippen LogP contribution is 2.26. The largest absolute Gasteiger partial charge is 0.368 e. The van der Waals surface area contributed by atoms with Gasteiger partial charge >= 0.3 is 0 Å². The lowest BCUT2D eigenvalue weighted by atomic mass is 10.2. The molecule has 0 aliphatic carbocycles. The summed E-state index contributed by atoms with van der Waals surface area (Å²) in [6, 6.07) is 9.82. The zero-order chi connectivity index (χ0) is 16.4. The quantitative estimate of drug-likeness (QED) is 0.726. The van der Waals surface area contributed by atoms with Crippen LogP contribution in [0.4, 0.5) is 0 Å². The first-order valence-corrected chi connectivity index (χ1v) is 8.80. The van der Waals surface area contributed by atoms with Crippen LogP contribution in [0, 0.1) is 6.92 Å². The first-order valence-electron chi connectivity index (χ1n) is 7.92. The van der Waals surface area contributed by atoms with Gasteiger partial charge in [0.1, 0.15) is 11.1 Å². The van der Waals surface area contributed by atoms with Crippen molar-refractivity contribution >= 4 is 11.3 Å². The first kappa shape index (κ1) is 15.4. The second-order valence-electron chi connectivity index (χ2n) is 5.80. The fourth-order valence-corrected chi connectivity index (χ4v) is 3.57. The minimum absolute atomic E-state index is 0.0259. The van der Waals surface area contributed by atoms with Crippen molar-refractivity contribution in [2.24, 2.45) is 0 Å².